The summed E-state index contributed by atoms with van der Waals surface area (Å²) in [6.45, 7) is 14.9. The highest BCUT2D eigenvalue weighted by molar-refractivity contribution is 4.92. The lowest BCUT2D eigenvalue weighted by Gasteiger charge is -2.37. The van der Waals surface area contributed by atoms with Crippen LogP contribution in [0.15, 0.2) is 0 Å². The highest BCUT2D eigenvalue weighted by Crippen LogP contribution is 2.27. The van der Waals surface area contributed by atoms with Crippen molar-refractivity contribution in [3.8, 4) is 0 Å². The first-order valence-electron chi connectivity index (χ1n) is 5.34. The zero-order valence-electron chi connectivity index (χ0n) is 9.89. The van der Waals surface area contributed by atoms with E-state index >= 15 is 0 Å². The second-order valence-electron chi connectivity index (χ2n) is 5.63. The smallest absolute Gasteiger partial charge is 0.0652 e. The highest BCUT2D eigenvalue weighted by atomic mass is 15.4. The van der Waals surface area contributed by atoms with Gasteiger partial charge in [-0.3, -0.25) is 10.2 Å². The fraction of sp³-hybridized carbons (Fsp3) is 1.00. The van der Waals surface area contributed by atoms with E-state index in [1.54, 1.807) is 0 Å². The second kappa shape index (κ2) is 3.58. The SMILES string of the molecule is CC(C)N1C[C@H](C)NC1C(C)(C)C. The zero-order chi connectivity index (χ0) is 10.2. The molecule has 0 spiro atoms. The van der Waals surface area contributed by atoms with Gasteiger partial charge in [-0.15, -0.1) is 0 Å². The molecule has 1 saturated heterocycles. The molecule has 0 radical (unpaired) electrons. The number of hydrogen-bond acceptors (Lipinski definition) is 2. The Bertz CT molecular complexity index is 169. The molecular weight excluding hydrogens is 160 g/mol. The van der Waals surface area contributed by atoms with Gasteiger partial charge < -0.3 is 0 Å². The Hall–Kier alpha value is -0.0800. The molecule has 13 heavy (non-hydrogen) atoms. The molecule has 0 aromatic carbocycles. The summed E-state index contributed by atoms with van der Waals surface area (Å²) in [6.07, 6.45) is 0.530. The van der Waals surface area contributed by atoms with Crippen LogP contribution in [0, 0.1) is 5.41 Å². The van der Waals surface area contributed by atoms with E-state index < -0.39 is 0 Å². The maximum atomic E-state index is 3.65. The Balaban J connectivity index is 2.72. The summed E-state index contributed by atoms with van der Waals surface area (Å²) in [5, 5.41) is 3.65. The van der Waals surface area contributed by atoms with Gasteiger partial charge in [-0.25, -0.2) is 0 Å². The monoisotopic (exact) mass is 184 g/mol. The van der Waals surface area contributed by atoms with Gasteiger partial charge in [-0.1, -0.05) is 20.8 Å². The van der Waals surface area contributed by atoms with Gasteiger partial charge >= 0.3 is 0 Å². The summed E-state index contributed by atoms with van der Waals surface area (Å²) in [4.78, 5) is 2.56. The van der Waals surface area contributed by atoms with Crippen LogP contribution in [0.5, 0.6) is 0 Å². The molecule has 0 amide bonds. The van der Waals surface area contributed by atoms with E-state index in [9.17, 15) is 0 Å². The van der Waals surface area contributed by atoms with E-state index in [0.717, 1.165) is 0 Å². The summed E-state index contributed by atoms with van der Waals surface area (Å²) < 4.78 is 0. The molecule has 0 aliphatic carbocycles. The van der Waals surface area contributed by atoms with Gasteiger partial charge in [-0.05, 0) is 26.2 Å². The van der Waals surface area contributed by atoms with Gasteiger partial charge in [0.2, 0.25) is 0 Å². The lowest BCUT2D eigenvalue weighted by Crippen LogP contribution is -2.48. The minimum atomic E-state index is 0.328. The van der Waals surface area contributed by atoms with Gasteiger partial charge in [0.05, 0.1) is 6.17 Å². The Labute approximate surface area is 82.7 Å². The summed E-state index contributed by atoms with van der Waals surface area (Å²) in [5.74, 6) is 0. The van der Waals surface area contributed by atoms with Gasteiger partial charge in [0.1, 0.15) is 0 Å². The first-order chi connectivity index (χ1) is 5.82. The van der Waals surface area contributed by atoms with Gasteiger partial charge in [-0.2, -0.15) is 0 Å². The quantitative estimate of drug-likeness (QED) is 0.671. The van der Waals surface area contributed by atoms with Crippen molar-refractivity contribution < 1.29 is 0 Å². The van der Waals surface area contributed by atoms with E-state index in [-0.39, 0.29) is 0 Å². The van der Waals surface area contributed by atoms with E-state index in [1.165, 1.54) is 6.54 Å². The predicted molar refractivity (Wildman–Crippen MR) is 57.7 cm³/mol. The van der Waals surface area contributed by atoms with Crippen molar-refractivity contribution in [1.29, 1.82) is 0 Å². The third-order valence-electron chi connectivity index (χ3n) is 2.74. The van der Waals surface area contributed by atoms with Crippen molar-refractivity contribution in [2.24, 2.45) is 5.41 Å². The van der Waals surface area contributed by atoms with Crippen LogP contribution in [0.4, 0.5) is 0 Å². The molecule has 1 fully saturated rings. The average Bonchev–Trinajstić information content (AvgIpc) is 2.29. The number of nitrogens with one attached hydrogen (secondary N) is 1. The van der Waals surface area contributed by atoms with Crippen LogP contribution in [0.1, 0.15) is 41.5 Å². The maximum Gasteiger partial charge on any atom is 0.0652 e. The Kier molecular flexibility index (Phi) is 3.03. The summed E-state index contributed by atoms with van der Waals surface area (Å²) in [7, 11) is 0. The van der Waals surface area contributed by atoms with E-state index in [2.05, 4.69) is 51.8 Å². The highest BCUT2D eigenvalue weighted by Gasteiger charge is 2.37. The normalized spacial score (nSPS) is 31.6. The topological polar surface area (TPSA) is 15.3 Å². The fourth-order valence-electron chi connectivity index (χ4n) is 2.10. The van der Waals surface area contributed by atoms with Crippen LogP contribution in [0.25, 0.3) is 0 Å². The van der Waals surface area contributed by atoms with Crippen LogP contribution in [0.2, 0.25) is 0 Å². The predicted octanol–water partition coefficient (Wildman–Crippen LogP) is 2.06. The molecule has 1 heterocycles. The largest absolute Gasteiger partial charge is 0.297 e. The number of nitrogens with zero attached hydrogens (tertiary/aromatic N) is 1. The second-order valence-corrected chi connectivity index (χ2v) is 5.63. The van der Waals surface area contributed by atoms with Crippen molar-refractivity contribution in [1.82, 2.24) is 10.2 Å². The number of hydrogen-bond donors (Lipinski definition) is 1. The van der Waals surface area contributed by atoms with Crippen LogP contribution in [-0.4, -0.2) is 29.7 Å². The molecule has 2 heteroatoms. The van der Waals surface area contributed by atoms with Crippen LogP contribution in [-0.2, 0) is 0 Å². The van der Waals surface area contributed by atoms with Crippen molar-refractivity contribution in [3.63, 3.8) is 0 Å². The van der Waals surface area contributed by atoms with Crippen molar-refractivity contribution >= 4 is 0 Å². The van der Waals surface area contributed by atoms with Crippen molar-refractivity contribution in [2.45, 2.75) is 59.8 Å². The first-order valence-corrected chi connectivity index (χ1v) is 5.34. The van der Waals surface area contributed by atoms with Crippen LogP contribution in [0.3, 0.4) is 0 Å². The third-order valence-corrected chi connectivity index (χ3v) is 2.74. The molecule has 0 aromatic heterocycles. The third kappa shape index (κ3) is 2.44. The Morgan fingerprint density at radius 3 is 2.15 bits per heavy atom. The standard InChI is InChI=1S/C11H24N2/c1-8(2)13-7-9(3)12-10(13)11(4,5)6/h8-10,12H,7H2,1-6H3/t9-,10?/m0/s1. The van der Waals surface area contributed by atoms with Crippen molar-refractivity contribution in [3.05, 3.63) is 0 Å². The molecule has 0 aromatic rings. The van der Waals surface area contributed by atoms with Gasteiger partial charge in [0, 0.05) is 18.6 Å². The molecule has 1 aliphatic heterocycles. The Morgan fingerprint density at radius 2 is 1.85 bits per heavy atom. The van der Waals surface area contributed by atoms with Crippen molar-refractivity contribution in [2.75, 3.05) is 6.54 Å². The Morgan fingerprint density at radius 1 is 1.31 bits per heavy atom. The summed E-state index contributed by atoms with van der Waals surface area (Å²) >= 11 is 0. The molecular formula is C11H24N2. The summed E-state index contributed by atoms with van der Waals surface area (Å²) in [6, 6.07) is 1.27. The molecule has 78 valence electrons. The molecule has 1 aliphatic rings. The minimum Gasteiger partial charge on any atom is -0.297 e. The molecule has 0 bridgehead atoms. The molecule has 2 atom stereocenters. The van der Waals surface area contributed by atoms with E-state index in [0.29, 0.717) is 23.7 Å². The minimum absolute atomic E-state index is 0.328. The lowest BCUT2D eigenvalue weighted by atomic mass is 9.91. The van der Waals surface area contributed by atoms with Gasteiger partial charge in [0.25, 0.3) is 0 Å². The van der Waals surface area contributed by atoms with E-state index in [4.69, 9.17) is 0 Å². The number of rotatable bonds is 1. The summed E-state index contributed by atoms with van der Waals surface area (Å²) in [5.41, 5.74) is 0.328. The fourth-order valence-corrected chi connectivity index (χ4v) is 2.10. The molecule has 0 saturated carbocycles. The van der Waals surface area contributed by atoms with Crippen LogP contribution < -0.4 is 5.32 Å². The first kappa shape index (κ1) is 11.0. The van der Waals surface area contributed by atoms with Gasteiger partial charge in [0.15, 0.2) is 0 Å². The molecule has 1 rings (SSSR count). The zero-order valence-corrected chi connectivity index (χ0v) is 9.89. The van der Waals surface area contributed by atoms with E-state index in [1.807, 2.05) is 0 Å². The van der Waals surface area contributed by atoms with Crippen LogP contribution >= 0.6 is 0 Å². The maximum absolute atomic E-state index is 3.65. The molecule has 1 unspecified atom stereocenters. The lowest BCUT2D eigenvalue weighted by molar-refractivity contribution is 0.0984. The molecule has 1 N–H and O–H groups in total. The molecule has 2 nitrogen and oxygen atoms in total. The average molecular weight is 184 g/mol.